The van der Waals surface area contributed by atoms with Gasteiger partial charge in [0.1, 0.15) is 5.82 Å². The molecule has 0 heterocycles. The van der Waals surface area contributed by atoms with Crippen molar-refractivity contribution in [3.63, 3.8) is 0 Å². The molecule has 8 heteroatoms. The molecule has 0 fully saturated rings. The third-order valence-electron chi connectivity index (χ3n) is 2.38. The maximum absolute atomic E-state index is 13.4. The quantitative estimate of drug-likeness (QED) is 0.744. The highest BCUT2D eigenvalue weighted by molar-refractivity contribution is 7.89. The second-order valence-corrected chi connectivity index (χ2v) is 5.93. The van der Waals surface area contributed by atoms with Gasteiger partial charge in [-0.3, -0.25) is 0 Å². The number of benzene rings is 1. The van der Waals surface area contributed by atoms with E-state index in [2.05, 4.69) is 4.72 Å². The van der Waals surface area contributed by atoms with Crippen LogP contribution in [0.5, 0.6) is 0 Å². The van der Waals surface area contributed by atoms with Crippen LogP contribution in [0.4, 0.5) is 4.39 Å². The third kappa shape index (κ3) is 4.39. The van der Waals surface area contributed by atoms with Crippen LogP contribution in [0.1, 0.15) is 12.0 Å². The number of aliphatic hydroxyl groups is 1. The number of sulfonamides is 1. The van der Waals surface area contributed by atoms with Gasteiger partial charge in [0.25, 0.3) is 0 Å². The number of hydrogen-bond acceptors (Lipinski definition) is 4. The second kappa shape index (κ2) is 7.16. The molecule has 2 N–H and O–H groups in total. The zero-order chi connectivity index (χ0) is 14.5. The maximum Gasteiger partial charge on any atom is 0.240 e. The molecule has 0 atom stereocenters. The van der Waals surface area contributed by atoms with E-state index >= 15 is 0 Å². The summed E-state index contributed by atoms with van der Waals surface area (Å²) in [6.07, 6.45) is 0.499. The van der Waals surface area contributed by atoms with Crippen LogP contribution >= 0.6 is 11.6 Å². The average Bonchev–Trinajstić information content (AvgIpc) is 2.37. The van der Waals surface area contributed by atoms with E-state index in [0.29, 0.717) is 13.0 Å². The van der Waals surface area contributed by atoms with E-state index in [1.54, 1.807) is 0 Å². The van der Waals surface area contributed by atoms with Crippen molar-refractivity contribution in [1.82, 2.24) is 4.72 Å². The molecule has 0 aliphatic carbocycles. The summed E-state index contributed by atoms with van der Waals surface area (Å²) in [5.74, 6) is -0.884. The minimum atomic E-state index is -3.83. The van der Waals surface area contributed by atoms with E-state index in [9.17, 15) is 12.8 Å². The Morgan fingerprint density at radius 2 is 2.16 bits per heavy atom. The van der Waals surface area contributed by atoms with Gasteiger partial charge in [0.05, 0.1) is 16.5 Å². The van der Waals surface area contributed by atoms with Crippen LogP contribution in [0.2, 0.25) is 5.02 Å². The Morgan fingerprint density at radius 1 is 1.47 bits per heavy atom. The number of rotatable bonds is 7. The molecule has 0 saturated heterocycles. The fourth-order valence-electron chi connectivity index (χ4n) is 1.39. The fraction of sp³-hybridized carbons (Fsp3) is 0.455. The molecule has 1 rings (SSSR count). The summed E-state index contributed by atoms with van der Waals surface area (Å²) in [6.45, 7) is 0.0526. The number of halogens is 2. The van der Waals surface area contributed by atoms with Gasteiger partial charge in [0.2, 0.25) is 10.0 Å². The first-order chi connectivity index (χ1) is 8.92. The number of hydrogen-bond donors (Lipinski definition) is 2. The third-order valence-corrected chi connectivity index (χ3v) is 4.24. The predicted octanol–water partition coefficient (Wildman–Crippen LogP) is 1.29. The number of aliphatic hydroxyl groups excluding tert-OH is 1. The second-order valence-electron chi connectivity index (χ2n) is 3.78. The molecule has 1 aromatic rings. The Kier molecular flexibility index (Phi) is 6.15. The molecule has 0 aliphatic heterocycles. The predicted molar refractivity (Wildman–Crippen MR) is 69.0 cm³/mol. The summed E-state index contributed by atoms with van der Waals surface area (Å²) in [5.41, 5.74) is 0.0268. The van der Waals surface area contributed by atoms with Crippen LogP contribution < -0.4 is 4.72 Å². The summed E-state index contributed by atoms with van der Waals surface area (Å²) in [7, 11) is -2.32. The molecule has 0 unspecified atom stereocenters. The standard InChI is InChI=1S/C11H15ClFNO4S/c1-18-4-2-3-14-19(16,17)9-5-8(7-15)11(12)10(13)6-9/h5-6,14-15H,2-4,7H2,1H3. The van der Waals surface area contributed by atoms with Gasteiger partial charge >= 0.3 is 0 Å². The van der Waals surface area contributed by atoms with Gasteiger partial charge in [-0.15, -0.1) is 0 Å². The first kappa shape index (κ1) is 16.3. The molecule has 0 aliphatic rings. The minimum absolute atomic E-state index is 0.0268. The first-order valence-electron chi connectivity index (χ1n) is 5.49. The van der Waals surface area contributed by atoms with Crippen LogP contribution in [0.25, 0.3) is 0 Å². The molecule has 0 saturated carbocycles. The normalized spacial score (nSPS) is 11.8. The average molecular weight is 312 g/mol. The van der Waals surface area contributed by atoms with E-state index in [0.717, 1.165) is 12.1 Å². The molecule has 0 spiro atoms. The summed E-state index contributed by atoms with van der Waals surface area (Å²) < 4.78 is 44.3. The van der Waals surface area contributed by atoms with E-state index in [-0.39, 0.29) is 22.0 Å². The number of methoxy groups -OCH3 is 1. The van der Waals surface area contributed by atoms with Crippen molar-refractivity contribution in [2.45, 2.75) is 17.9 Å². The highest BCUT2D eigenvalue weighted by Gasteiger charge is 2.18. The van der Waals surface area contributed by atoms with Crippen LogP contribution in [-0.2, 0) is 21.4 Å². The molecule has 5 nitrogen and oxygen atoms in total. The summed E-state index contributed by atoms with van der Waals surface area (Å²) in [5, 5.41) is 8.72. The Labute approximate surface area is 116 Å². The SMILES string of the molecule is COCCCNS(=O)(=O)c1cc(F)c(Cl)c(CO)c1. The molecule has 0 radical (unpaired) electrons. The van der Waals surface area contributed by atoms with Gasteiger partial charge in [-0.25, -0.2) is 17.5 Å². The Morgan fingerprint density at radius 3 is 2.74 bits per heavy atom. The van der Waals surface area contributed by atoms with Gasteiger partial charge in [-0.1, -0.05) is 11.6 Å². The molecular formula is C11H15ClFNO4S. The molecule has 19 heavy (non-hydrogen) atoms. The van der Waals surface area contributed by atoms with Crippen molar-refractivity contribution in [1.29, 1.82) is 0 Å². The van der Waals surface area contributed by atoms with Gasteiger partial charge in [-0.2, -0.15) is 0 Å². The summed E-state index contributed by atoms with van der Waals surface area (Å²) in [6, 6.07) is 1.96. The lowest BCUT2D eigenvalue weighted by Crippen LogP contribution is -2.25. The zero-order valence-electron chi connectivity index (χ0n) is 10.3. The largest absolute Gasteiger partial charge is 0.392 e. The van der Waals surface area contributed by atoms with Crippen molar-refractivity contribution in [3.8, 4) is 0 Å². The smallest absolute Gasteiger partial charge is 0.240 e. The molecule has 0 amide bonds. The highest BCUT2D eigenvalue weighted by atomic mass is 35.5. The molecule has 1 aromatic carbocycles. The van der Waals surface area contributed by atoms with Crippen molar-refractivity contribution >= 4 is 21.6 Å². The highest BCUT2D eigenvalue weighted by Crippen LogP contribution is 2.24. The molecule has 0 aromatic heterocycles. The van der Waals surface area contributed by atoms with Crippen LogP contribution in [0.15, 0.2) is 17.0 Å². The molecular weight excluding hydrogens is 297 g/mol. The van der Waals surface area contributed by atoms with E-state index in [1.165, 1.54) is 7.11 Å². The lowest BCUT2D eigenvalue weighted by atomic mass is 10.2. The molecule has 0 bridgehead atoms. The Hall–Kier alpha value is -0.730. The van der Waals surface area contributed by atoms with Crippen molar-refractivity contribution in [3.05, 3.63) is 28.5 Å². The molecule has 108 valence electrons. The maximum atomic E-state index is 13.4. The van der Waals surface area contributed by atoms with Gasteiger partial charge in [0, 0.05) is 25.8 Å². The Bertz CT molecular complexity index is 536. The lowest BCUT2D eigenvalue weighted by molar-refractivity contribution is 0.196. The van der Waals surface area contributed by atoms with Gasteiger partial charge < -0.3 is 9.84 Å². The van der Waals surface area contributed by atoms with Crippen LogP contribution in [0.3, 0.4) is 0 Å². The fourth-order valence-corrected chi connectivity index (χ4v) is 2.70. The van der Waals surface area contributed by atoms with Crippen LogP contribution in [0, 0.1) is 5.82 Å². The van der Waals surface area contributed by atoms with E-state index in [1.807, 2.05) is 0 Å². The zero-order valence-corrected chi connectivity index (χ0v) is 11.9. The number of ether oxygens (including phenoxy) is 1. The van der Waals surface area contributed by atoms with E-state index < -0.39 is 22.4 Å². The van der Waals surface area contributed by atoms with Crippen molar-refractivity contribution in [2.24, 2.45) is 0 Å². The summed E-state index contributed by atoms with van der Waals surface area (Å²) >= 11 is 5.59. The first-order valence-corrected chi connectivity index (χ1v) is 7.36. The van der Waals surface area contributed by atoms with Crippen LogP contribution in [-0.4, -0.2) is 33.8 Å². The van der Waals surface area contributed by atoms with Crippen molar-refractivity contribution < 1.29 is 22.7 Å². The Balaban J connectivity index is 2.92. The topological polar surface area (TPSA) is 75.6 Å². The minimum Gasteiger partial charge on any atom is -0.392 e. The van der Waals surface area contributed by atoms with E-state index in [4.69, 9.17) is 21.4 Å². The monoisotopic (exact) mass is 311 g/mol. The lowest BCUT2D eigenvalue weighted by Gasteiger charge is -2.09. The van der Waals surface area contributed by atoms with Crippen molar-refractivity contribution in [2.75, 3.05) is 20.3 Å². The number of nitrogens with one attached hydrogen (secondary N) is 1. The van der Waals surface area contributed by atoms with Gasteiger partial charge in [0.15, 0.2) is 0 Å². The summed E-state index contributed by atoms with van der Waals surface area (Å²) in [4.78, 5) is -0.268. The van der Waals surface area contributed by atoms with Gasteiger partial charge in [-0.05, 0) is 18.6 Å².